The van der Waals surface area contributed by atoms with E-state index in [2.05, 4.69) is 5.32 Å². The molecule has 2 fully saturated rings. The van der Waals surface area contributed by atoms with E-state index in [1.165, 1.54) is 0 Å². The highest BCUT2D eigenvalue weighted by molar-refractivity contribution is 8.07. The molecular weight excluding hydrogens is 296 g/mol. The summed E-state index contributed by atoms with van der Waals surface area (Å²) in [5.41, 5.74) is 0. The van der Waals surface area contributed by atoms with Gasteiger partial charge >= 0.3 is 5.97 Å². The van der Waals surface area contributed by atoms with Gasteiger partial charge in [0.1, 0.15) is 0 Å². The third kappa shape index (κ3) is 4.30. The number of nitrogens with zero attached hydrogens (tertiary/aromatic N) is 1. The van der Waals surface area contributed by atoms with Crippen LogP contribution in [0.4, 0.5) is 0 Å². The first kappa shape index (κ1) is 16.0. The number of hydrogen-bond acceptors (Lipinski definition) is 5. The smallest absolute Gasteiger partial charge is 0.317 e. The molecule has 1 aliphatic carbocycles. The fraction of sp³-hybridized carbons (Fsp3) is 0.846. The molecule has 114 valence electrons. The van der Waals surface area contributed by atoms with Crippen LogP contribution in [-0.2, 0) is 9.59 Å². The summed E-state index contributed by atoms with van der Waals surface area (Å²) in [7, 11) is 0. The number of amides is 1. The zero-order valence-electron chi connectivity index (χ0n) is 11.7. The Kier molecular flexibility index (Phi) is 6.04. The number of nitrogens with one attached hydrogen (secondary N) is 1. The molecule has 2 N–H and O–H groups in total. The summed E-state index contributed by atoms with van der Waals surface area (Å²) in [6, 6.07) is 0.526. The lowest BCUT2D eigenvalue weighted by Gasteiger charge is -2.42. The lowest BCUT2D eigenvalue weighted by atomic mass is 9.85. The Bertz CT molecular complexity index is 356. The second-order valence-corrected chi connectivity index (χ2v) is 7.68. The minimum atomic E-state index is -0.782. The lowest BCUT2D eigenvalue weighted by Crippen LogP contribution is -2.56. The number of rotatable bonds is 6. The molecule has 7 heteroatoms. The highest BCUT2D eigenvalue weighted by Gasteiger charge is 2.36. The number of likely N-dealkylation sites (N-methyl/N-ethyl adjacent to an activating group) is 1. The van der Waals surface area contributed by atoms with E-state index in [4.69, 9.17) is 5.11 Å². The average molecular weight is 318 g/mol. The molecule has 1 atom stereocenters. The fourth-order valence-electron chi connectivity index (χ4n) is 2.61. The van der Waals surface area contributed by atoms with Crippen LogP contribution in [-0.4, -0.2) is 69.6 Å². The molecule has 1 saturated heterocycles. The molecule has 0 bridgehead atoms. The Morgan fingerprint density at radius 3 is 2.65 bits per heavy atom. The number of aliphatic carboxylic acids is 1. The van der Waals surface area contributed by atoms with E-state index in [9.17, 15) is 9.59 Å². The predicted octanol–water partition coefficient (Wildman–Crippen LogP) is 0.889. The Morgan fingerprint density at radius 1 is 1.35 bits per heavy atom. The molecule has 0 aromatic carbocycles. The SMILES string of the molecule is CCN(CC(=O)O)C1CC(NC(=O)C2CSCCS2)C1. The molecule has 1 aliphatic heterocycles. The fourth-order valence-corrected chi connectivity index (χ4v) is 5.18. The molecule has 1 saturated carbocycles. The van der Waals surface area contributed by atoms with Gasteiger partial charge in [-0.15, -0.1) is 11.8 Å². The van der Waals surface area contributed by atoms with Crippen LogP contribution >= 0.6 is 23.5 Å². The third-order valence-electron chi connectivity index (χ3n) is 3.83. The molecule has 2 aliphatic rings. The van der Waals surface area contributed by atoms with Crippen molar-refractivity contribution < 1.29 is 14.7 Å². The van der Waals surface area contributed by atoms with Crippen LogP contribution in [0.25, 0.3) is 0 Å². The normalized spacial score (nSPS) is 29.8. The average Bonchev–Trinajstić information content (AvgIpc) is 2.40. The number of carbonyl (C=O) groups is 2. The molecule has 20 heavy (non-hydrogen) atoms. The van der Waals surface area contributed by atoms with Gasteiger partial charge in [0.25, 0.3) is 0 Å². The molecule has 0 spiro atoms. The first-order valence-corrected chi connectivity index (χ1v) is 9.26. The van der Waals surface area contributed by atoms with Gasteiger partial charge in [-0.2, -0.15) is 11.8 Å². The Labute approximate surface area is 128 Å². The molecule has 2 rings (SSSR count). The van der Waals surface area contributed by atoms with E-state index < -0.39 is 5.97 Å². The molecule has 0 radical (unpaired) electrons. The Morgan fingerprint density at radius 2 is 2.10 bits per heavy atom. The van der Waals surface area contributed by atoms with Crippen LogP contribution in [0, 0.1) is 0 Å². The molecular formula is C13H22N2O3S2. The van der Waals surface area contributed by atoms with E-state index in [1.54, 1.807) is 11.8 Å². The largest absolute Gasteiger partial charge is 0.480 e. The predicted molar refractivity (Wildman–Crippen MR) is 83.4 cm³/mol. The molecule has 0 aromatic heterocycles. The maximum atomic E-state index is 12.1. The maximum Gasteiger partial charge on any atom is 0.317 e. The van der Waals surface area contributed by atoms with Crippen molar-refractivity contribution >= 4 is 35.4 Å². The Hall–Kier alpha value is -0.400. The third-order valence-corrected chi connectivity index (χ3v) is 6.58. The van der Waals surface area contributed by atoms with Crippen molar-refractivity contribution in [2.45, 2.75) is 37.1 Å². The van der Waals surface area contributed by atoms with Crippen molar-refractivity contribution in [1.29, 1.82) is 0 Å². The van der Waals surface area contributed by atoms with Crippen molar-refractivity contribution in [1.82, 2.24) is 10.2 Å². The lowest BCUT2D eigenvalue weighted by molar-refractivity contribution is -0.139. The minimum Gasteiger partial charge on any atom is -0.480 e. The van der Waals surface area contributed by atoms with Crippen LogP contribution < -0.4 is 5.32 Å². The number of carboxylic acids is 1. The highest BCUT2D eigenvalue weighted by atomic mass is 32.2. The van der Waals surface area contributed by atoms with Crippen LogP contribution in [0.3, 0.4) is 0 Å². The van der Waals surface area contributed by atoms with Gasteiger partial charge < -0.3 is 10.4 Å². The van der Waals surface area contributed by atoms with Gasteiger partial charge in [0.2, 0.25) is 5.91 Å². The number of carbonyl (C=O) groups excluding carboxylic acids is 1. The van der Waals surface area contributed by atoms with Crippen LogP contribution in [0.1, 0.15) is 19.8 Å². The highest BCUT2D eigenvalue weighted by Crippen LogP contribution is 2.28. The molecule has 0 aromatic rings. The first-order chi connectivity index (χ1) is 9.60. The summed E-state index contributed by atoms with van der Waals surface area (Å²) >= 11 is 3.59. The molecule has 1 amide bonds. The molecule has 5 nitrogen and oxygen atoms in total. The summed E-state index contributed by atoms with van der Waals surface area (Å²) in [6.45, 7) is 2.81. The van der Waals surface area contributed by atoms with Gasteiger partial charge in [-0.05, 0) is 19.4 Å². The second kappa shape index (κ2) is 7.56. The van der Waals surface area contributed by atoms with Gasteiger partial charge in [-0.1, -0.05) is 6.92 Å². The van der Waals surface area contributed by atoms with E-state index in [0.717, 1.165) is 36.6 Å². The summed E-state index contributed by atoms with van der Waals surface area (Å²) < 4.78 is 0. The second-order valence-electron chi connectivity index (χ2n) is 5.22. The van der Waals surface area contributed by atoms with Crippen molar-refractivity contribution in [3.05, 3.63) is 0 Å². The number of hydrogen-bond donors (Lipinski definition) is 2. The van der Waals surface area contributed by atoms with Gasteiger partial charge in [-0.25, -0.2) is 0 Å². The molecule has 1 heterocycles. The van der Waals surface area contributed by atoms with Crippen molar-refractivity contribution in [3.63, 3.8) is 0 Å². The summed E-state index contributed by atoms with van der Waals surface area (Å²) in [4.78, 5) is 24.8. The van der Waals surface area contributed by atoms with Crippen LogP contribution in [0.15, 0.2) is 0 Å². The van der Waals surface area contributed by atoms with Gasteiger partial charge in [-0.3, -0.25) is 14.5 Å². The van der Waals surface area contributed by atoms with E-state index in [1.807, 2.05) is 23.6 Å². The summed E-state index contributed by atoms with van der Waals surface area (Å²) in [5.74, 6) is 2.48. The first-order valence-electron chi connectivity index (χ1n) is 7.05. The van der Waals surface area contributed by atoms with Crippen LogP contribution in [0.2, 0.25) is 0 Å². The van der Waals surface area contributed by atoms with Gasteiger partial charge in [0.05, 0.1) is 11.8 Å². The van der Waals surface area contributed by atoms with E-state index in [-0.39, 0.29) is 23.7 Å². The monoisotopic (exact) mass is 318 g/mol. The van der Waals surface area contributed by atoms with E-state index in [0.29, 0.717) is 6.04 Å². The quantitative estimate of drug-likeness (QED) is 0.758. The van der Waals surface area contributed by atoms with Crippen LogP contribution in [0.5, 0.6) is 0 Å². The number of carboxylic acid groups (broad SMARTS) is 1. The summed E-state index contributed by atoms with van der Waals surface area (Å²) in [5, 5.41) is 12.0. The van der Waals surface area contributed by atoms with Gasteiger partial charge in [0, 0.05) is 29.3 Å². The number of thioether (sulfide) groups is 2. The van der Waals surface area contributed by atoms with E-state index >= 15 is 0 Å². The van der Waals surface area contributed by atoms with Crippen molar-refractivity contribution in [2.24, 2.45) is 0 Å². The van der Waals surface area contributed by atoms with Gasteiger partial charge in [0.15, 0.2) is 0 Å². The molecule has 1 unspecified atom stereocenters. The zero-order chi connectivity index (χ0) is 14.5. The standard InChI is InChI=1S/C13H22N2O3S2/c1-2-15(7-12(16)17)10-5-9(6-10)14-13(18)11-8-19-3-4-20-11/h9-11H,2-8H2,1H3,(H,14,18)(H,16,17). The summed E-state index contributed by atoms with van der Waals surface area (Å²) in [6.07, 6.45) is 1.74. The van der Waals surface area contributed by atoms with Crippen molar-refractivity contribution in [2.75, 3.05) is 30.3 Å². The maximum absolute atomic E-state index is 12.1. The minimum absolute atomic E-state index is 0.0918. The van der Waals surface area contributed by atoms with Crippen molar-refractivity contribution in [3.8, 4) is 0 Å². The Balaban J connectivity index is 1.70. The zero-order valence-corrected chi connectivity index (χ0v) is 13.3. The topological polar surface area (TPSA) is 69.6 Å².